The molecule has 1 aliphatic rings. The lowest BCUT2D eigenvalue weighted by atomic mass is 9.99. The zero-order chi connectivity index (χ0) is 33.8. The van der Waals surface area contributed by atoms with E-state index >= 15 is 0 Å². The minimum Gasteiger partial charge on any atom is -0.478 e. The van der Waals surface area contributed by atoms with Crippen LogP contribution in [-0.4, -0.2) is 41.0 Å². The van der Waals surface area contributed by atoms with Gasteiger partial charge in [0.1, 0.15) is 29.2 Å². The Morgan fingerprint density at radius 2 is 1.54 bits per heavy atom. The molecule has 0 bridgehead atoms. The topological polar surface area (TPSA) is 107 Å². The summed E-state index contributed by atoms with van der Waals surface area (Å²) in [5.41, 5.74) is 3.38. The van der Waals surface area contributed by atoms with Crippen LogP contribution in [0.3, 0.4) is 0 Å². The molecule has 0 saturated heterocycles. The summed E-state index contributed by atoms with van der Waals surface area (Å²) in [5.74, 6) is -1.29. The predicted molar refractivity (Wildman–Crippen MR) is 177 cm³/mol. The number of aromatic nitrogens is 1. The molecular weight excluding hydrogens is 613 g/mol. The zero-order valence-electron chi connectivity index (χ0n) is 26.7. The Hall–Kier alpha value is -5.77. The quantitative estimate of drug-likeness (QED) is 0.163. The van der Waals surface area contributed by atoms with Crippen LogP contribution in [0.15, 0.2) is 103 Å². The third-order valence-corrected chi connectivity index (χ3v) is 8.24. The van der Waals surface area contributed by atoms with E-state index in [2.05, 4.69) is 10.3 Å². The first kappa shape index (κ1) is 32.2. The van der Waals surface area contributed by atoms with Gasteiger partial charge in [0.05, 0.1) is 19.2 Å². The van der Waals surface area contributed by atoms with Crippen LogP contribution in [0.2, 0.25) is 0 Å². The fourth-order valence-electron chi connectivity index (χ4n) is 5.84. The van der Waals surface area contributed by atoms with Gasteiger partial charge in [0.2, 0.25) is 0 Å². The Bertz CT molecular complexity index is 1910. The van der Waals surface area contributed by atoms with Crippen molar-refractivity contribution in [1.82, 2.24) is 15.2 Å². The van der Waals surface area contributed by atoms with Gasteiger partial charge in [-0.15, -0.1) is 0 Å². The summed E-state index contributed by atoms with van der Waals surface area (Å²) < 4.78 is 31.4. The zero-order valence-corrected chi connectivity index (χ0v) is 26.7. The maximum absolute atomic E-state index is 14.3. The average Bonchev–Trinajstić information content (AvgIpc) is 3.43. The van der Waals surface area contributed by atoms with Gasteiger partial charge in [0, 0.05) is 23.7 Å². The lowest BCUT2D eigenvalue weighted by molar-refractivity contribution is -0.144. The van der Waals surface area contributed by atoms with Crippen molar-refractivity contribution in [3.05, 3.63) is 137 Å². The van der Waals surface area contributed by atoms with Crippen LogP contribution in [0, 0.1) is 11.7 Å². The number of esters is 1. The number of carbonyl (C=O) groups is 3. The van der Waals surface area contributed by atoms with E-state index in [0.717, 1.165) is 11.1 Å². The summed E-state index contributed by atoms with van der Waals surface area (Å²) in [6, 6.07) is 27.7. The molecule has 4 aromatic carbocycles. The minimum atomic E-state index is -0.961. The van der Waals surface area contributed by atoms with Gasteiger partial charge in [0.25, 0.3) is 5.91 Å². The largest absolute Gasteiger partial charge is 0.478 e. The number of benzene rings is 4. The molecule has 2 heterocycles. The van der Waals surface area contributed by atoms with Gasteiger partial charge in [0.15, 0.2) is 5.75 Å². The second-order valence-electron chi connectivity index (χ2n) is 11.8. The summed E-state index contributed by atoms with van der Waals surface area (Å²) in [6.07, 6.45) is 0.0753. The molecule has 1 aliphatic heterocycles. The SMILES string of the molecule is COC(=O)C(NC(=O)Oc1c2c(c(OC(c3ccccc3)c3ccccc3)c3ncccc13)C(=O)N(Cc1ccc(F)cc1)C2)C(C)C. The fourth-order valence-corrected chi connectivity index (χ4v) is 5.84. The first-order chi connectivity index (χ1) is 23.2. The number of pyridine rings is 1. The Kier molecular flexibility index (Phi) is 9.33. The summed E-state index contributed by atoms with van der Waals surface area (Å²) in [7, 11) is 1.25. The molecule has 5 aromatic rings. The fraction of sp³-hybridized carbons (Fsp3) is 0.211. The van der Waals surface area contributed by atoms with Gasteiger partial charge in [-0.3, -0.25) is 9.78 Å². The molecule has 0 aliphatic carbocycles. The molecule has 0 fully saturated rings. The number of carbonyl (C=O) groups excluding carboxylic acids is 3. The van der Waals surface area contributed by atoms with Crippen LogP contribution in [0.25, 0.3) is 10.9 Å². The van der Waals surface area contributed by atoms with Crippen molar-refractivity contribution in [3.63, 3.8) is 0 Å². The lowest BCUT2D eigenvalue weighted by Crippen LogP contribution is -2.46. The van der Waals surface area contributed by atoms with E-state index in [1.165, 1.54) is 19.2 Å². The average molecular weight is 648 g/mol. The van der Waals surface area contributed by atoms with Crippen molar-refractivity contribution in [2.24, 2.45) is 5.92 Å². The molecule has 10 heteroatoms. The number of hydrogen-bond acceptors (Lipinski definition) is 7. The van der Waals surface area contributed by atoms with Gasteiger partial charge in [-0.2, -0.15) is 0 Å². The number of nitrogens with one attached hydrogen (secondary N) is 1. The van der Waals surface area contributed by atoms with Crippen molar-refractivity contribution in [2.75, 3.05) is 7.11 Å². The summed E-state index contributed by atoms with van der Waals surface area (Å²) >= 11 is 0. The molecule has 2 amide bonds. The van der Waals surface area contributed by atoms with Crippen molar-refractivity contribution in [1.29, 1.82) is 0 Å². The minimum absolute atomic E-state index is 0.0707. The predicted octanol–water partition coefficient (Wildman–Crippen LogP) is 6.98. The highest BCUT2D eigenvalue weighted by atomic mass is 19.1. The summed E-state index contributed by atoms with van der Waals surface area (Å²) in [6.45, 7) is 3.78. The molecule has 0 saturated carbocycles. The van der Waals surface area contributed by atoms with E-state index in [-0.39, 0.29) is 47.8 Å². The molecule has 1 atom stereocenters. The summed E-state index contributed by atoms with van der Waals surface area (Å²) in [4.78, 5) is 46.3. The molecule has 0 spiro atoms. The van der Waals surface area contributed by atoms with Crippen LogP contribution in [0.4, 0.5) is 9.18 Å². The van der Waals surface area contributed by atoms with Gasteiger partial charge >= 0.3 is 12.1 Å². The lowest BCUT2D eigenvalue weighted by Gasteiger charge is -2.24. The van der Waals surface area contributed by atoms with E-state index in [9.17, 15) is 18.8 Å². The highest BCUT2D eigenvalue weighted by Gasteiger charge is 2.38. The second kappa shape index (κ2) is 13.9. The number of fused-ring (bicyclic) bond motifs is 2. The molecule has 48 heavy (non-hydrogen) atoms. The van der Waals surface area contributed by atoms with Crippen molar-refractivity contribution in [2.45, 2.75) is 39.1 Å². The van der Waals surface area contributed by atoms with Crippen LogP contribution >= 0.6 is 0 Å². The first-order valence-electron chi connectivity index (χ1n) is 15.5. The standard InChI is InChI=1S/C38H34FN3O6/c1-23(2)31(37(44)46-3)41-38(45)48-34-28-15-10-20-40-32(28)35(47-33(25-11-6-4-7-12-25)26-13-8-5-9-14-26)30-29(34)22-42(36(30)43)21-24-16-18-27(39)19-17-24/h4-20,23,31,33H,21-22H2,1-3H3,(H,41,45). The third-order valence-electron chi connectivity index (χ3n) is 8.24. The molecule has 244 valence electrons. The van der Waals surface area contributed by atoms with Gasteiger partial charge in [-0.1, -0.05) is 86.6 Å². The number of nitrogens with zero attached hydrogens (tertiary/aromatic N) is 2. The van der Waals surface area contributed by atoms with Crippen LogP contribution in [0.5, 0.6) is 11.5 Å². The Labute approximate surface area is 277 Å². The molecule has 9 nitrogen and oxygen atoms in total. The highest BCUT2D eigenvalue weighted by molar-refractivity contribution is 6.09. The number of halogens is 1. The van der Waals surface area contributed by atoms with Gasteiger partial charge in [-0.05, 0) is 46.9 Å². The Balaban J connectivity index is 1.49. The van der Waals surface area contributed by atoms with Crippen molar-refractivity contribution in [3.8, 4) is 11.5 Å². The maximum Gasteiger partial charge on any atom is 0.413 e. The van der Waals surface area contributed by atoms with Gasteiger partial charge < -0.3 is 24.4 Å². The molecule has 1 aromatic heterocycles. The number of rotatable bonds is 10. The number of ether oxygens (including phenoxy) is 3. The van der Waals surface area contributed by atoms with Crippen LogP contribution < -0.4 is 14.8 Å². The Morgan fingerprint density at radius 3 is 2.15 bits per heavy atom. The van der Waals surface area contributed by atoms with Crippen molar-refractivity contribution < 1.29 is 33.0 Å². The molecule has 6 rings (SSSR count). The second-order valence-corrected chi connectivity index (χ2v) is 11.8. The monoisotopic (exact) mass is 647 g/mol. The highest BCUT2D eigenvalue weighted by Crippen LogP contribution is 2.46. The van der Waals surface area contributed by atoms with Crippen molar-refractivity contribution >= 4 is 28.9 Å². The summed E-state index contributed by atoms with van der Waals surface area (Å²) in [5, 5.41) is 3.05. The van der Waals surface area contributed by atoms with E-state index in [1.807, 2.05) is 60.7 Å². The van der Waals surface area contributed by atoms with Crippen LogP contribution in [-0.2, 0) is 22.6 Å². The van der Waals surface area contributed by atoms with E-state index in [4.69, 9.17) is 14.2 Å². The smallest absolute Gasteiger partial charge is 0.413 e. The molecular formula is C38H34FN3O6. The normalized spacial score (nSPS) is 13.0. The van der Waals surface area contributed by atoms with E-state index in [1.54, 1.807) is 49.2 Å². The number of amides is 2. The maximum atomic E-state index is 14.3. The first-order valence-corrected chi connectivity index (χ1v) is 15.5. The Morgan fingerprint density at radius 1 is 0.896 bits per heavy atom. The molecule has 0 radical (unpaired) electrons. The molecule has 1 unspecified atom stereocenters. The van der Waals surface area contributed by atoms with Crippen LogP contribution in [0.1, 0.15) is 52.6 Å². The number of methoxy groups -OCH3 is 1. The van der Waals surface area contributed by atoms with E-state index < -0.39 is 24.2 Å². The molecule has 1 N–H and O–H groups in total. The van der Waals surface area contributed by atoms with Gasteiger partial charge in [-0.25, -0.2) is 14.0 Å². The number of hydrogen-bond donors (Lipinski definition) is 1. The third kappa shape index (κ3) is 6.55. The van der Waals surface area contributed by atoms with E-state index in [0.29, 0.717) is 22.0 Å².